The van der Waals surface area contributed by atoms with Crippen LogP contribution in [0.25, 0.3) is 0 Å². The van der Waals surface area contributed by atoms with Gasteiger partial charge in [-0.25, -0.2) is 13.4 Å². The maximum Gasteiger partial charge on any atom is 0.405 e. The second-order valence-electron chi connectivity index (χ2n) is 5.74. The van der Waals surface area contributed by atoms with Gasteiger partial charge in [0.05, 0.1) is 23.9 Å². The van der Waals surface area contributed by atoms with Crippen LogP contribution in [0.2, 0.25) is 0 Å². The predicted molar refractivity (Wildman–Crippen MR) is 102 cm³/mol. The molecule has 0 aliphatic carbocycles. The number of nitrogens with one attached hydrogen (secondary N) is 3. The summed E-state index contributed by atoms with van der Waals surface area (Å²) < 4.78 is 69.1. The number of rotatable bonds is 8. The lowest BCUT2D eigenvalue weighted by Gasteiger charge is -2.14. The highest BCUT2D eigenvalue weighted by atomic mass is 32.2. The van der Waals surface area contributed by atoms with Gasteiger partial charge in [0.1, 0.15) is 5.82 Å². The molecule has 0 aromatic carbocycles. The van der Waals surface area contributed by atoms with E-state index in [0.29, 0.717) is 12.2 Å². The summed E-state index contributed by atoms with van der Waals surface area (Å²) in [5, 5.41) is 0. The minimum absolute atomic E-state index is 0.00660. The number of ether oxygens (including phenoxy) is 1. The highest BCUT2D eigenvalue weighted by molar-refractivity contribution is 7.92. The van der Waals surface area contributed by atoms with Crippen LogP contribution in [0.3, 0.4) is 0 Å². The van der Waals surface area contributed by atoms with Crippen LogP contribution in [0, 0.1) is 5.92 Å². The number of halogens is 3. The van der Waals surface area contributed by atoms with Crippen molar-refractivity contribution < 1.29 is 35.9 Å². The number of sulfonamides is 1. The van der Waals surface area contributed by atoms with Gasteiger partial charge in [0.15, 0.2) is 5.92 Å². The maximum atomic E-state index is 12.8. The number of aromatic nitrogens is 2. The van der Waals surface area contributed by atoms with Gasteiger partial charge in [0.25, 0.3) is 15.9 Å². The molecule has 2 aromatic heterocycles. The Balaban J connectivity index is 1.95. The van der Waals surface area contributed by atoms with E-state index in [9.17, 15) is 31.2 Å². The molecular weight excluding hydrogens is 443 g/mol. The minimum Gasteiger partial charge on any atom is -0.468 e. The molecule has 2 heterocycles. The molecule has 0 bridgehead atoms. The summed E-state index contributed by atoms with van der Waals surface area (Å²) in [6, 6.07) is 5.25. The van der Waals surface area contributed by atoms with Crippen molar-refractivity contribution >= 4 is 33.4 Å². The van der Waals surface area contributed by atoms with Gasteiger partial charge in [0.2, 0.25) is 0 Å². The topological polar surface area (TPSA) is 139 Å². The fourth-order valence-electron chi connectivity index (χ4n) is 2.06. The summed E-state index contributed by atoms with van der Waals surface area (Å²) in [7, 11) is -3.05. The van der Waals surface area contributed by atoms with Crippen molar-refractivity contribution in [3.05, 3.63) is 55.0 Å². The zero-order valence-electron chi connectivity index (χ0n) is 15.8. The molecule has 1 atom stereocenters. The van der Waals surface area contributed by atoms with Crippen LogP contribution in [-0.2, 0) is 24.3 Å². The quantitative estimate of drug-likeness (QED) is 0.308. The van der Waals surface area contributed by atoms with Crippen LogP contribution in [0.5, 0.6) is 0 Å². The molecule has 2 rings (SSSR count). The lowest BCUT2D eigenvalue weighted by atomic mass is 10.1. The van der Waals surface area contributed by atoms with E-state index >= 15 is 0 Å². The molecule has 0 saturated carbocycles. The first-order valence-electron chi connectivity index (χ1n) is 8.30. The number of carbonyl (C=O) groups is 2. The monoisotopic (exact) mass is 459 g/mol. The summed E-state index contributed by atoms with van der Waals surface area (Å²) in [5.74, 6) is -5.08. The molecule has 0 fully saturated rings. The molecule has 0 aliphatic heterocycles. The van der Waals surface area contributed by atoms with Crippen molar-refractivity contribution in [2.45, 2.75) is 11.1 Å². The molecule has 0 radical (unpaired) electrons. The first-order chi connectivity index (χ1) is 14.5. The average molecular weight is 459 g/mol. The molecule has 3 N–H and O–H groups in total. The standard InChI is InChI=1S/C17H16F3N5O5S/c1-30-16(27)13(17(18,19)20)3-5-15(26)24-23-14-4-2-11(10-22-14)25-31(28,29)12-6-8-21-9-7-12/h2-10,13,25H,1H3,(H,22,23)(H,24,26). The van der Waals surface area contributed by atoms with E-state index in [2.05, 4.69) is 30.3 Å². The molecule has 166 valence electrons. The van der Waals surface area contributed by atoms with Crippen molar-refractivity contribution in [3.63, 3.8) is 0 Å². The third kappa shape index (κ3) is 6.95. The first kappa shape index (κ1) is 23.6. The molecule has 0 spiro atoms. The third-order valence-electron chi connectivity index (χ3n) is 3.54. The summed E-state index contributed by atoms with van der Waals surface area (Å²) in [4.78, 5) is 30.4. The first-order valence-corrected chi connectivity index (χ1v) is 9.79. The number of esters is 1. The van der Waals surface area contributed by atoms with Crippen LogP contribution >= 0.6 is 0 Å². The number of alkyl halides is 3. The summed E-state index contributed by atoms with van der Waals surface area (Å²) in [5.41, 5.74) is 4.50. The predicted octanol–water partition coefficient (Wildman–Crippen LogP) is 1.63. The van der Waals surface area contributed by atoms with Crippen LogP contribution in [0.1, 0.15) is 0 Å². The number of carbonyl (C=O) groups excluding carboxylic acids is 2. The lowest BCUT2D eigenvalue weighted by Crippen LogP contribution is -2.32. The normalized spacial score (nSPS) is 12.8. The molecule has 14 heteroatoms. The Labute approximate surface area is 174 Å². The Morgan fingerprint density at radius 3 is 2.39 bits per heavy atom. The summed E-state index contributed by atoms with van der Waals surface area (Å²) in [6.07, 6.45) is -0.261. The number of anilines is 2. The van der Waals surface area contributed by atoms with E-state index in [1.54, 1.807) is 0 Å². The largest absolute Gasteiger partial charge is 0.468 e. The molecule has 2 aromatic rings. The van der Waals surface area contributed by atoms with E-state index in [-0.39, 0.29) is 16.4 Å². The Bertz CT molecular complexity index is 1040. The Hall–Kier alpha value is -3.68. The SMILES string of the molecule is COC(=O)C(C=CC(=O)NNc1ccc(NS(=O)(=O)c2ccncc2)cn1)C(F)(F)F. The molecule has 1 unspecified atom stereocenters. The second-order valence-corrected chi connectivity index (χ2v) is 7.42. The van der Waals surface area contributed by atoms with Crippen molar-refractivity contribution in [2.24, 2.45) is 5.92 Å². The van der Waals surface area contributed by atoms with E-state index in [1.807, 2.05) is 0 Å². The van der Waals surface area contributed by atoms with Crippen molar-refractivity contribution in [1.82, 2.24) is 15.4 Å². The van der Waals surface area contributed by atoms with Crippen LogP contribution in [0.15, 0.2) is 59.9 Å². The highest BCUT2D eigenvalue weighted by Gasteiger charge is 2.44. The summed E-state index contributed by atoms with van der Waals surface area (Å²) >= 11 is 0. The molecule has 10 nitrogen and oxygen atoms in total. The van der Waals surface area contributed by atoms with Gasteiger partial charge in [-0.15, -0.1) is 0 Å². The number of hydrogen-bond donors (Lipinski definition) is 3. The Kier molecular flexibility index (Phi) is 7.52. The molecule has 0 aliphatic rings. The van der Waals surface area contributed by atoms with E-state index in [0.717, 1.165) is 13.3 Å². The highest BCUT2D eigenvalue weighted by Crippen LogP contribution is 2.28. The number of pyridine rings is 2. The molecular formula is C17H16F3N5O5S. The van der Waals surface area contributed by atoms with Crippen LogP contribution in [0.4, 0.5) is 24.7 Å². The third-order valence-corrected chi connectivity index (χ3v) is 4.93. The summed E-state index contributed by atoms with van der Waals surface area (Å²) in [6.45, 7) is 0. The van der Waals surface area contributed by atoms with Gasteiger partial charge in [-0.2, -0.15) is 13.2 Å². The van der Waals surface area contributed by atoms with Crippen molar-refractivity contribution in [2.75, 3.05) is 17.3 Å². The minimum atomic E-state index is -4.92. The maximum absolute atomic E-state index is 12.8. The Morgan fingerprint density at radius 1 is 1.16 bits per heavy atom. The van der Waals surface area contributed by atoms with Gasteiger partial charge in [0, 0.05) is 18.5 Å². The molecule has 0 saturated heterocycles. The number of hydrogen-bond acceptors (Lipinski definition) is 8. The van der Waals surface area contributed by atoms with E-state index < -0.39 is 34.0 Å². The van der Waals surface area contributed by atoms with Crippen molar-refractivity contribution in [1.29, 1.82) is 0 Å². The van der Waals surface area contributed by atoms with Gasteiger partial charge < -0.3 is 4.74 Å². The lowest BCUT2D eigenvalue weighted by molar-refractivity contribution is -0.186. The van der Waals surface area contributed by atoms with Gasteiger partial charge in [-0.1, -0.05) is 6.08 Å². The fourth-order valence-corrected chi connectivity index (χ4v) is 3.09. The molecule has 31 heavy (non-hydrogen) atoms. The van der Waals surface area contributed by atoms with E-state index in [1.165, 1.54) is 36.7 Å². The fraction of sp³-hybridized carbons (Fsp3) is 0.176. The smallest absolute Gasteiger partial charge is 0.405 e. The number of methoxy groups -OCH3 is 1. The Morgan fingerprint density at radius 2 is 1.84 bits per heavy atom. The zero-order chi connectivity index (χ0) is 23.1. The number of amides is 1. The van der Waals surface area contributed by atoms with Gasteiger partial charge >= 0.3 is 12.1 Å². The van der Waals surface area contributed by atoms with E-state index in [4.69, 9.17) is 0 Å². The molecule has 1 amide bonds. The number of nitrogens with zero attached hydrogens (tertiary/aromatic N) is 2. The van der Waals surface area contributed by atoms with Gasteiger partial charge in [-0.3, -0.25) is 30.1 Å². The van der Waals surface area contributed by atoms with Crippen LogP contribution < -0.4 is 15.6 Å². The van der Waals surface area contributed by atoms with Gasteiger partial charge in [-0.05, 0) is 24.3 Å². The average Bonchev–Trinajstić information content (AvgIpc) is 2.72. The van der Waals surface area contributed by atoms with Crippen molar-refractivity contribution in [3.8, 4) is 0 Å². The zero-order valence-corrected chi connectivity index (χ0v) is 16.6. The van der Waals surface area contributed by atoms with Crippen LogP contribution in [-0.4, -0.2) is 43.5 Å². The number of hydrazine groups is 1. The second kappa shape index (κ2) is 9.88.